The number of rotatable bonds is 4. The second kappa shape index (κ2) is 5.94. The van der Waals surface area contributed by atoms with Crippen molar-refractivity contribution < 1.29 is 22.7 Å². The lowest BCUT2D eigenvalue weighted by atomic mass is 9.77. The van der Waals surface area contributed by atoms with Crippen molar-refractivity contribution in [2.24, 2.45) is 11.3 Å². The van der Waals surface area contributed by atoms with Crippen LogP contribution in [0.2, 0.25) is 0 Å². The zero-order valence-electron chi connectivity index (χ0n) is 12.8. The molecule has 0 radical (unpaired) electrons. The van der Waals surface area contributed by atoms with Gasteiger partial charge < -0.3 is 4.74 Å². The second-order valence-electron chi connectivity index (χ2n) is 6.57. The third-order valence-corrected chi connectivity index (χ3v) is 4.69. The molecule has 1 atom stereocenters. The minimum absolute atomic E-state index is 0.449. The highest BCUT2D eigenvalue weighted by Gasteiger charge is 2.59. The Morgan fingerprint density at radius 3 is 2.00 bits per heavy atom. The molecule has 118 valence electrons. The molecular formula is C15H25F3O2. The molecular weight excluding hydrogens is 269 g/mol. The SMILES string of the molecule is CCC(C)(C)C(=O)OC(C)(C1CCCCC1)C(F)(F)F. The zero-order valence-corrected chi connectivity index (χ0v) is 12.8. The minimum atomic E-state index is -4.53. The first-order valence-electron chi connectivity index (χ1n) is 7.35. The Hall–Kier alpha value is -0.740. The van der Waals surface area contributed by atoms with Crippen LogP contribution in [0, 0.1) is 11.3 Å². The minimum Gasteiger partial charge on any atom is -0.449 e. The summed E-state index contributed by atoms with van der Waals surface area (Å²) in [5.41, 5.74) is -3.25. The lowest BCUT2D eigenvalue weighted by Gasteiger charge is -2.41. The normalized spacial score (nSPS) is 21.4. The summed E-state index contributed by atoms with van der Waals surface area (Å²) in [6, 6.07) is 0. The molecule has 1 fully saturated rings. The maximum atomic E-state index is 13.5. The van der Waals surface area contributed by atoms with Crippen LogP contribution in [-0.4, -0.2) is 17.7 Å². The van der Waals surface area contributed by atoms with Gasteiger partial charge in [-0.1, -0.05) is 26.2 Å². The van der Waals surface area contributed by atoms with Gasteiger partial charge in [0.15, 0.2) is 0 Å². The van der Waals surface area contributed by atoms with Crippen LogP contribution in [0.1, 0.15) is 66.2 Å². The van der Waals surface area contributed by atoms with Crippen LogP contribution in [0.15, 0.2) is 0 Å². The van der Waals surface area contributed by atoms with E-state index in [-0.39, 0.29) is 0 Å². The molecule has 1 aliphatic carbocycles. The number of carbonyl (C=O) groups excluding carboxylic acids is 1. The summed E-state index contributed by atoms with van der Waals surface area (Å²) in [6.07, 6.45) is -0.653. The van der Waals surface area contributed by atoms with E-state index in [2.05, 4.69) is 0 Å². The molecule has 1 aliphatic rings. The van der Waals surface area contributed by atoms with E-state index >= 15 is 0 Å². The van der Waals surface area contributed by atoms with Gasteiger partial charge in [-0.15, -0.1) is 0 Å². The van der Waals surface area contributed by atoms with Crippen LogP contribution in [0.4, 0.5) is 13.2 Å². The first-order chi connectivity index (χ1) is 9.04. The van der Waals surface area contributed by atoms with E-state index in [0.29, 0.717) is 19.3 Å². The van der Waals surface area contributed by atoms with Gasteiger partial charge in [0.1, 0.15) is 0 Å². The molecule has 0 spiro atoms. The molecule has 0 saturated heterocycles. The first-order valence-corrected chi connectivity index (χ1v) is 7.35. The number of halogens is 3. The van der Waals surface area contributed by atoms with Crippen LogP contribution < -0.4 is 0 Å². The second-order valence-corrected chi connectivity index (χ2v) is 6.57. The number of esters is 1. The van der Waals surface area contributed by atoms with E-state index in [1.165, 1.54) is 0 Å². The van der Waals surface area contributed by atoms with Crippen molar-refractivity contribution in [1.29, 1.82) is 0 Å². The molecule has 0 aliphatic heterocycles. The van der Waals surface area contributed by atoms with E-state index < -0.39 is 29.1 Å². The smallest absolute Gasteiger partial charge is 0.428 e. The zero-order chi connectivity index (χ0) is 15.6. The van der Waals surface area contributed by atoms with Crippen LogP contribution in [-0.2, 0) is 9.53 Å². The average molecular weight is 294 g/mol. The van der Waals surface area contributed by atoms with E-state index in [9.17, 15) is 18.0 Å². The van der Waals surface area contributed by atoms with Crippen LogP contribution in [0.5, 0.6) is 0 Å². The van der Waals surface area contributed by atoms with Gasteiger partial charge in [0, 0.05) is 5.92 Å². The lowest BCUT2D eigenvalue weighted by Crippen LogP contribution is -2.54. The molecule has 0 N–H and O–H groups in total. The highest BCUT2D eigenvalue weighted by molar-refractivity contribution is 5.76. The van der Waals surface area contributed by atoms with Crippen molar-refractivity contribution in [2.45, 2.75) is 78.0 Å². The fraction of sp³-hybridized carbons (Fsp3) is 0.933. The number of hydrogen-bond donors (Lipinski definition) is 0. The molecule has 5 heteroatoms. The van der Waals surface area contributed by atoms with Crippen LogP contribution in [0.25, 0.3) is 0 Å². The van der Waals surface area contributed by atoms with Crippen molar-refractivity contribution in [3.8, 4) is 0 Å². The van der Waals surface area contributed by atoms with Crippen molar-refractivity contribution in [2.75, 3.05) is 0 Å². The predicted octanol–water partition coefficient (Wildman–Crippen LogP) is 4.87. The van der Waals surface area contributed by atoms with Gasteiger partial charge >= 0.3 is 12.1 Å². The Morgan fingerprint density at radius 2 is 1.60 bits per heavy atom. The molecule has 0 aromatic carbocycles. The Balaban J connectivity index is 2.98. The third-order valence-electron chi connectivity index (χ3n) is 4.69. The summed E-state index contributed by atoms with van der Waals surface area (Å²) >= 11 is 0. The first kappa shape index (κ1) is 17.3. The van der Waals surface area contributed by atoms with E-state index in [1.54, 1.807) is 20.8 Å². The summed E-state index contributed by atoms with van der Waals surface area (Å²) in [6.45, 7) is 6.04. The fourth-order valence-corrected chi connectivity index (χ4v) is 2.50. The van der Waals surface area contributed by atoms with Gasteiger partial charge in [0.2, 0.25) is 5.60 Å². The van der Waals surface area contributed by atoms with Crippen molar-refractivity contribution in [3.63, 3.8) is 0 Å². The maximum absolute atomic E-state index is 13.5. The highest BCUT2D eigenvalue weighted by Crippen LogP contribution is 2.46. The topological polar surface area (TPSA) is 26.3 Å². The van der Waals surface area contributed by atoms with Gasteiger partial charge in [0.05, 0.1) is 5.41 Å². The molecule has 0 aromatic heterocycles. The molecule has 0 bridgehead atoms. The molecule has 2 nitrogen and oxygen atoms in total. The standard InChI is InChI=1S/C15H25F3O2/c1-5-13(2,3)12(19)20-14(4,15(16,17)18)11-9-7-6-8-10-11/h11H,5-10H2,1-4H3. The van der Waals surface area contributed by atoms with Crippen LogP contribution in [0.3, 0.4) is 0 Å². The molecule has 20 heavy (non-hydrogen) atoms. The van der Waals surface area contributed by atoms with Gasteiger partial charge in [-0.05, 0) is 40.0 Å². The number of carbonyl (C=O) groups is 1. The molecule has 0 aromatic rings. The number of ether oxygens (including phenoxy) is 1. The monoisotopic (exact) mass is 294 g/mol. The molecule has 0 amide bonds. The Bertz CT molecular complexity index is 344. The summed E-state index contributed by atoms with van der Waals surface area (Å²) in [7, 11) is 0. The largest absolute Gasteiger partial charge is 0.449 e. The van der Waals surface area contributed by atoms with Crippen LogP contribution >= 0.6 is 0 Å². The Labute approximate surface area is 119 Å². The van der Waals surface area contributed by atoms with E-state index in [4.69, 9.17) is 4.74 Å². The molecule has 1 rings (SSSR count). The van der Waals surface area contributed by atoms with Gasteiger partial charge in [-0.2, -0.15) is 13.2 Å². The van der Waals surface area contributed by atoms with Gasteiger partial charge in [-0.3, -0.25) is 4.79 Å². The average Bonchev–Trinajstić information content (AvgIpc) is 2.38. The quantitative estimate of drug-likeness (QED) is 0.692. The van der Waals surface area contributed by atoms with Crippen molar-refractivity contribution in [3.05, 3.63) is 0 Å². The highest BCUT2D eigenvalue weighted by atomic mass is 19.4. The fourth-order valence-electron chi connectivity index (χ4n) is 2.50. The molecule has 0 heterocycles. The van der Waals surface area contributed by atoms with Gasteiger partial charge in [0.25, 0.3) is 0 Å². The summed E-state index contributed by atoms with van der Waals surface area (Å²) in [5, 5.41) is 0. The number of alkyl halides is 3. The van der Waals surface area contributed by atoms with Crippen molar-refractivity contribution >= 4 is 5.97 Å². The van der Waals surface area contributed by atoms with E-state index in [0.717, 1.165) is 26.2 Å². The Morgan fingerprint density at radius 1 is 1.10 bits per heavy atom. The summed E-state index contributed by atoms with van der Waals surface area (Å²) < 4.78 is 45.4. The van der Waals surface area contributed by atoms with Gasteiger partial charge in [-0.25, -0.2) is 0 Å². The van der Waals surface area contributed by atoms with E-state index in [1.807, 2.05) is 0 Å². The molecule has 1 unspecified atom stereocenters. The Kier molecular flexibility index (Phi) is 5.14. The summed E-state index contributed by atoms with van der Waals surface area (Å²) in [5.74, 6) is -1.39. The summed E-state index contributed by atoms with van der Waals surface area (Å²) in [4.78, 5) is 12.1. The van der Waals surface area contributed by atoms with Crippen molar-refractivity contribution in [1.82, 2.24) is 0 Å². The number of hydrogen-bond acceptors (Lipinski definition) is 2. The lowest BCUT2D eigenvalue weighted by molar-refractivity contribution is -0.286. The predicted molar refractivity (Wildman–Crippen MR) is 71.2 cm³/mol. The third kappa shape index (κ3) is 3.47. The molecule has 1 saturated carbocycles. The maximum Gasteiger partial charge on any atom is 0.428 e.